The van der Waals surface area contributed by atoms with Crippen molar-refractivity contribution in [3.63, 3.8) is 0 Å². The average molecular weight is 292 g/mol. The number of benzene rings is 1. The van der Waals surface area contributed by atoms with Gasteiger partial charge in [-0.15, -0.1) is 0 Å². The van der Waals surface area contributed by atoms with Gasteiger partial charge in [0.15, 0.2) is 0 Å². The third kappa shape index (κ3) is 5.05. The highest BCUT2D eigenvalue weighted by Crippen LogP contribution is 2.34. The van der Waals surface area contributed by atoms with Crippen LogP contribution in [0.1, 0.15) is 39.3 Å². The van der Waals surface area contributed by atoms with E-state index in [9.17, 15) is 4.79 Å². The van der Waals surface area contributed by atoms with E-state index in [1.165, 1.54) is 0 Å². The largest absolute Gasteiger partial charge is 0.497 e. The molecule has 2 atom stereocenters. The molecule has 0 aliphatic rings. The van der Waals surface area contributed by atoms with Crippen LogP contribution in [0.15, 0.2) is 24.3 Å². The predicted octanol–water partition coefficient (Wildman–Crippen LogP) is 2.75. The monoisotopic (exact) mass is 292 g/mol. The van der Waals surface area contributed by atoms with E-state index in [4.69, 9.17) is 4.74 Å². The van der Waals surface area contributed by atoms with Crippen LogP contribution >= 0.6 is 0 Å². The minimum absolute atomic E-state index is 0.0561. The third-order valence-corrected chi connectivity index (χ3v) is 3.54. The van der Waals surface area contributed by atoms with Crippen LogP contribution in [0.2, 0.25) is 0 Å². The topological polar surface area (TPSA) is 50.4 Å². The number of carbonyl (C=O) groups is 1. The van der Waals surface area contributed by atoms with Crippen LogP contribution in [0.3, 0.4) is 0 Å². The summed E-state index contributed by atoms with van der Waals surface area (Å²) in [7, 11) is 3.51. The van der Waals surface area contributed by atoms with Crippen LogP contribution in [-0.4, -0.2) is 26.6 Å². The molecule has 0 aliphatic carbocycles. The fourth-order valence-electron chi connectivity index (χ4n) is 2.30. The fraction of sp³-hybridized carbons (Fsp3) is 0.588. The third-order valence-electron chi connectivity index (χ3n) is 3.54. The quantitative estimate of drug-likeness (QED) is 0.847. The van der Waals surface area contributed by atoms with Gasteiger partial charge in [-0.25, -0.2) is 0 Å². The standard InChI is InChI=1S/C17H28N2O2/c1-12(11-18-5)16(20)19-15(17(2,3)4)13-8-7-9-14(10-13)21-6/h7-10,12,15,18H,11H2,1-6H3,(H,19,20)/t12-,15+/m1/s1. The summed E-state index contributed by atoms with van der Waals surface area (Å²) in [5.74, 6) is 0.803. The Kier molecular flexibility index (Phi) is 6.21. The van der Waals surface area contributed by atoms with Crippen LogP contribution in [0.25, 0.3) is 0 Å². The van der Waals surface area contributed by atoms with E-state index in [2.05, 4.69) is 31.4 Å². The summed E-state index contributed by atoms with van der Waals surface area (Å²) in [6.07, 6.45) is 0. The Labute approximate surface area is 128 Å². The zero-order valence-corrected chi connectivity index (χ0v) is 14.0. The van der Waals surface area contributed by atoms with Gasteiger partial charge in [-0.1, -0.05) is 39.8 Å². The van der Waals surface area contributed by atoms with Gasteiger partial charge >= 0.3 is 0 Å². The summed E-state index contributed by atoms with van der Waals surface area (Å²) >= 11 is 0. The molecule has 0 aliphatic heterocycles. The molecule has 1 aromatic rings. The lowest BCUT2D eigenvalue weighted by Gasteiger charge is -2.33. The zero-order valence-electron chi connectivity index (χ0n) is 14.0. The summed E-state index contributed by atoms with van der Waals surface area (Å²) in [6, 6.07) is 7.82. The molecular weight excluding hydrogens is 264 g/mol. The smallest absolute Gasteiger partial charge is 0.224 e. The SMILES string of the molecule is CNC[C@@H](C)C(=O)N[C@@H](c1cccc(OC)c1)C(C)(C)C. The number of ether oxygens (including phenoxy) is 1. The van der Waals surface area contributed by atoms with Crippen molar-refractivity contribution in [3.8, 4) is 5.75 Å². The number of nitrogens with one attached hydrogen (secondary N) is 2. The number of hydrogen-bond acceptors (Lipinski definition) is 3. The molecule has 0 spiro atoms. The highest BCUT2D eigenvalue weighted by Gasteiger charge is 2.29. The summed E-state index contributed by atoms with van der Waals surface area (Å²) < 4.78 is 5.29. The van der Waals surface area contributed by atoms with E-state index in [0.29, 0.717) is 6.54 Å². The van der Waals surface area contributed by atoms with E-state index in [1.807, 2.05) is 38.2 Å². The Morgan fingerprint density at radius 3 is 2.52 bits per heavy atom. The highest BCUT2D eigenvalue weighted by atomic mass is 16.5. The van der Waals surface area contributed by atoms with E-state index in [1.54, 1.807) is 7.11 Å². The molecule has 118 valence electrons. The first kappa shape index (κ1) is 17.5. The molecule has 0 aromatic heterocycles. The van der Waals surface area contributed by atoms with Crippen molar-refractivity contribution in [1.82, 2.24) is 10.6 Å². The van der Waals surface area contributed by atoms with Crippen LogP contribution in [0, 0.1) is 11.3 Å². The molecular formula is C17H28N2O2. The molecule has 0 unspecified atom stereocenters. The van der Waals surface area contributed by atoms with Gasteiger partial charge in [-0.3, -0.25) is 4.79 Å². The summed E-state index contributed by atoms with van der Waals surface area (Å²) in [4.78, 5) is 12.3. The van der Waals surface area contributed by atoms with Gasteiger partial charge in [0.05, 0.1) is 13.2 Å². The Bertz CT molecular complexity index is 466. The number of carbonyl (C=O) groups excluding carboxylic acids is 1. The lowest BCUT2D eigenvalue weighted by molar-refractivity contribution is -0.125. The minimum Gasteiger partial charge on any atom is -0.497 e. The molecule has 21 heavy (non-hydrogen) atoms. The average Bonchev–Trinajstić information content (AvgIpc) is 2.43. The van der Waals surface area contributed by atoms with Crippen molar-refractivity contribution in [2.75, 3.05) is 20.7 Å². The van der Waals surface area contributed by atoms with Crippen molar-refractivity contribution < 1.29 is 9.53 Å². The van der Waals surface area contributed by atoms with Gasteiger partial charge in [0.1, 0.15) is 5.75 Å². The Morgan fingerprint density at radius 2 is 2.00 bits per heavy atom. The number of hydrogen-bond donors (Lipinski definition) is 2. The van der Waals surface area contributed by atoms with Crippen molar-refractivity contribution >= 4 is 5.91 Å². The lowest BCUT2D eigenvalue weighted by Crippen LogP contribution is -2.41. The van der Waals surface area contributed by atoms with Crippen molar-refractivity contribution in [2.24, 2.45) is 11.3 Å². The summed E-state index contributed by atoms with van der Waals surface area (Å²) in [5, 5.41) is 6.21. The van der Waals surface area contributed by atoms with Gasteiger partial charge in [0.2, 0.25) is 5.91 Å². The molecule has 2 N–H and O–H groups in total. The Balaban J connectivity index is 2.99. The van der Waals surface area contributed by atoms with Crippen molar-refractivity contribution in [1.29, 1.82) is 0 Å². The molecule has 4 nitrogen and oxygen atoms in total. The number of amides is 1. The number of methoxy groups -OCH3 is 1. The van der Waals surface area contributed by atoms with E-state index in [0.717, 1.165) is 11.3 Å². The van der Waals surface area contributed by atoms with Crippen LogP contribution in [0.4, 0.5) is 0 Å². The Hall–Kier alpha value is -1.55. The van der Waals surface area contributed by atoms with Gasteiger partial charge in [-0.05, 0) is 30.2 Å². The summed E-state index contributed by atoms with van der Waals surface area (Å²) in [6.45, 7) is 8.97. The van der Waals surface area contributed by atoms with E-state index < -0.39 is 0 Å². The first-order chi connectivity index (χ1) is 9.79. The normalized spacial score (nSPS) is 14.4. The molecule has 0 bridgehead atoms. The first-order valence-corrected chi connectivity index (χ1v) is 7.38. The second-order valence-corrected chi connectivity index (χ2v) is 6.54. The molecule has 0 saturated carbocycles. The van der Waals surface area contributed by atoms with Crippen LogP contribution in [-0.2, 0) is 4.79 Å². The second kappa shape index (κ2) is 7.46. The molecule has 0 radical (unpaired) electrons. The second-order valence-electron chi connectivity index (χ2n) is 6.54. The lowest BCUT2D eigenvalue weighted by atomic mass is 9.82. The van der Waals surface area contributed by atoms with Gasteiger partial charge in [0.25, 0.3) is 0 Å². The molecule has 0 saturated heterocycles. The van der Waals surface area contributed by atoms with Crippen molar-refractivity contribution in [2.45, 2.75) is 33.7 Å². The zero-order chi connectivity index (χ0) is 16.0. The van der Waals surface area contributed by atoms with Crippen LogP contribution in [0.5, 0.6) is 5.75 Å². The van der Waals surface area contributed by atoms with Gasteiger partial charge in [-0.2, -0.15) is 0 Å². The van der Waals surface area contributed by atoms with Gasteiger partial charge in [0, 0.05) is 12.5 Å². The highest BCUT2D eigenvalue weighted by molar-refractivity contribution is 5.79. The molecule has 4 heteroatoms. The molecule has 0 heterocycles. The van der Waals surface area contributed by atoms with E-state index >= 15 is 0 Å². The van der Waals surface area contributed by atoms with Gasteiger partial charge < -0.3 is 15.4 Å². The molecule has 1 aromatic carbocycles. The summed E-state index contributed by atoms with van der Waals surface area (Å²) in [5.41, 5.74) is 0.980. The fourth-order valence-corrected chi connectivity index (χ4v) is 2.30. The Morgan fingerprint density at radius 1 is 1.33 bits per heavy atom. The molecule has 1 amide bonds. The van der Waals surface area contributed by atoms with Crippen LogP contribution < -0.4 is 15.4 Å². The maximum absolute atomic E-state index is 12.3. The number of rotatable bonds is 6. The maximum Gasteiger partial charge on any atom is 0.224 e. The first-order valence-electron chi connectivity index (χ1n) is 7.38. The molecule has 0 fully saturated rings. The van der Waals surface area contributed by atoms with Crippen molar-refractivity contribution in [3.05, 3.63) is 29.8 Å². The molecule has 1 rings (SSSR count). The maximum atomic E-state index is 12.3. The van der Waals surface area contributed by atoms with E-state index in [-0.39, 0.29) is 23.3 Å². The minimum atomic E-state index is -0.0820. The predicted molar refractivity (Wildman–Crippen MR) is 86.4 cm³/mol.